The van der Waals surface area contributed by atoms with Crippen molar-refractivity contribution in [3.05, 3.63) is 0 Å². The molecule has 0 aromatic carbocycles. The Balaban J connectivity index is 1.76. The van der Waals surface area contributed by atoms with Gasteiger partial charge in [0.25, 0.3) is 0 Å². The van der Waals surface area contributed by atoms with Crippen LogP contribution < -0.4 is 5.32 Å². The highest BCUT2D eigenvalue weighted by atomic mass is 16.2. The van der Waals surface area contributed by atoms with E-state index in [1.807, 2.05) is 19.0 Å². The molecule has 2 rings (SSSR count). The molecule has 0 atom stereocenters. The number of carbonyl (C=O) groups is 1. The van der Waals surface area contributed by atoms with E-state index in [9.17, 15) is 4.79 Å². The lowest BCUT2D eigenvalue weighted by molar-refractivity contribution is -0.135. The number of carbonyl (C=O) groups excluding carboxylic acids is 1. The fourth-order valence-corrected chi connectivity index (χ4v) is 3.61. The van der Waals surface area contributed by atoms with Crippen LogP contribution in [0.4, 0.5) is 0 Å². The van der Waals surface area contributed by atoms with E-state index in [4.69, 9.17) is 0 Å². The second kappa shape index (κ2) is 6.55. The first-order valence-corrected chi connectivity index (χ1v) is 7.63. The molecular weight excluding hydrogens is 224 g/mol. The van der Waals surface area contributed by atoms with E-state index in [-0.39, 0.29) is 0 Å². The van der Waals surface area contributed by atoms with Gasteiger partial charge in [0.2, 0.25) is 5.91 Å². The van der Waals surface area contributed by atoms with Crippen LogP contribution in [0.25, 0.3) is 0 Å². The van der Waals surface area contributed by atoms with E-state index in [0.29, 0.717) is 17.9 Å². The second-order valence-electron chi connectivity index (χ2n) is 6.21. The summed E-state index contributed by atoms with van der Waals surface area (Å²) in [7, 11) is 4.03. The van der Waals surface area contributed by atoms with Gasteiger partial charge in [0.15, 0.2) is 0 Å². The fraction of sp³-hybridized carbons (Fsp3) is 0.933. The van der Waals surface area contributed by atoms with Crippen LogP contribution in [0.15, 0.2) is 0 Å². The molecule has 3 heteroatoms. The van der Waals surface area contributed by atoms with Gasteiger partial charge in [-0.25, -0.2) is 0 Å². The highest BCUT2D eigenvalue weighted by Gasteiger charge is 2.28. The van der Waals surface area contributed by atoms with Gasteiger partial charge in [0.1, 0.15) is 0 Å². The molecule has 2 fully saturated rings. The second-order valence-corrected chi connectivity index (χ2v) is 6.21. The number of nitrogens with one attached hydrogen (secondary N) is 1. The van der Waals surface area contributed by atoms with Crippen LogP contribution in [-0.4, -0.2) is 37.5 Å². The Labute approximate surface area is 111 Å². The lowest BCUT2D eigenvalue weighted by Crippen LogP contribution is -2.39. The molecule has 104 valence electrons. The van der Waals surface area contributed by atoms with Gasteiger partial charge in [-0.1, -0.05) is 12.8 Å². The molecule has 1 N–H and O–H groups in total. The van der Waals surface area contributed by atoms with E-state index in [1.165, 1.54) is 25.7 Å². The molecule has 2 aliphatic carbocycles. The molecule has 0 saturated heterocycles. The quantitative estimate of drug-likeness (QED) is 0.833. The Morgan fingerprint density at radius 3 is 2.28 bits per heavy atom. The first-order valence-electron chi connectivity index (χ1n) is 7.63. The highest BCUT2D eigenvalue weighted by molar-refractivity contribution is 5.78. The minimum absolute atomic E-state index is 0.293. The number of hydrogen-bond donors (Lipinski definition) is 1. The first-order chi connectivity index (χ1) is 8.70. The smallest absolute Gasteiger partial charge is 0.225 e. The number of amides is 1. The van der Waals surface area contributed by atoms with Gasteiger partial charge in [-0.15, -0.1) is 0 Å². The molecule has 0 bridgehead atoms. The summed E-state index contributed by atoms with van der Waals surface area (Å²) in [5, 5.41) is 3.33. The van der Waals surface area contributed by atoms with Crippen LogP contribution in [0.5, 0.6) is 0 Å². The van der Waals surface area contributed by atoms with E-state index in [2.05, 4.69) is 5.32 Å². The van der Waals surface area contributed by atoms with Crippen LogP contribution >= 0.6 is 0 Å². The largest absolute Gasteiger partial charge is 0.345 e. The number of hydrogen-bond acceptors (Lipinski definition) is 2. The summed E-state index contributed by atoms with van der Waals surface area (Å²) < 4.78 is 0. The molecule has 18 heavy (non-hydrogen) atoms. The summed E-state index contributed by atoms with van der Waals surface area (Å²) in [5.74, 6) is 1.46. The third-order valence-electron chi connectivity index (χ3n) is 4.87. The third-order valence-corrected chi connectivity index (χ3v) is 4.87. The molecule has 0 radical (unpaired) electrons. The maximum absolute atomic E-state index is 12.4. The molecule has 0 unspecified atom stereocenters. The van der Waals surface area contributed by atoms with E-state index in [1.54, 1.807) is 0 Å². The van der Waals surface area contributed by atoms with E-state index >= 15 is 0 Å². The van der Waals surface area contributed by atoms with Gasteiger partial charge < -0.3 is 10.2 Å². The summed E-state index contributed by atoms with van der Waals surface area (Å²) in [5.41, 5.74) is 0. The van der Waals surface area contributed by atoms with Crippen molar-refractivity contribution in [3.8, 4) is 0 Å². The zero-order valence-corrected chi connectivity index (χ0v) is 12.0. The molecule has 0 aromatic heterocycles. The van der Waals surface area contributed by atoms with Crippen molar-refractivity contribution in [1.82, 2.24) is 10.2 Å². The molecule has 0 aromatic rings. The third kappa shape index (κ3) is 3.47. The minimum Gasteiger partial charge on any atom is -0.345 e. The van der Waals surface area contributed by atoms with E-state index < -0.39 is 0 Å². The average Bonchev–Trinajstić information content (AvgIpc) is 2.91. The summed E-state index contributed by atoms with van der Waals surface area (Å²) in [6.45, 7) is 0.991. The van der Waals surface area contributed by atoms with Gasteiger partial charge in [0.05, 0.1) is 0 Å². The molecule has 2 saturated carbocycles. The van der Waals surface area contributed by atoms with Crippen molar-refractivity contribution in [2.75, 3.05) is 20.6 Å². The van der Waals surface area contributed by atoms with Crippen molar-refractivity contribution in [2.45, 2.75) is 57.4 Å². The monoisotopic (exact) mass is 252 g/mol. The van der Waals surface area contributed by atoms with Gasteiger partial charge in [0, 0.05) is 25.6 Å². The Morgan fingerprint density at radius 1 is 1.11 bits per heavy atom. The molecule has 0 spiro atoms. The van der Waals surface area contributed by atoms with Crippen molar-refractivity contribution in [2.24, 2.45) is 11.8 Å². The van der Waals surface area contributed by atoms with Crippen LogP contribution in [0.3, 0.4) is 0 Å². The Hall–Kier alpha value is -0.570. The maximum atomic E-state index is 12.4. The average molecular weight is 252 g/mol. The summed E-state index contributed by atoms with van der Waals surface area (Å²) >= 11 is 0. The Morgan fingerprint density at radius 2 is 1.72 bits per heavy atom. The molecular formula is C15H28N2O. The fourth-order valence-electron chi connectivity index (χ4n) is 3.61. The van der Waals surface area contributed by atoms with Crippen LogP contribution in [0.1, 0.15) is 51.4 Å². The lowest BCUT2D eigenvalue weighted by Gasteiger charge is -2.31. The summed E-state index contributed by atoms with van der Waals surface area (Å²) in [6.07, 6.45) is 9.82. The predicted molar refractivity (Wildman–Crippen MR) is 74.4 cm³/mol. The van der Waals surface area contributed by atoms with Gasteiger partial charge in [-0.2, -0.15) is 0 Å². The van der Waals surface area contributed by atoms with Crippen molar-refractivity contribution >= 4 is 5.91 Å². The number of nitrogens with zero attached hydrogens (tertiary/aromatic N) is 1. The SMILES string of the molecule is CNC1CCC(C(=O)N(C)CC2CCCC2)CC1. The molecule has 3 nitrogen and oxygen atoms in total. The van der Waals surface area contributed by atoms with E-state index in [0.717, 1.165) is 38.1 Å². The normalized spacial score (nSPS) is 29.4. The van der Waals surface area contributed by atoms with Crippen LogP contribution in [0.2, 0.25) is 0 Å². The van der Waals surface area contributed by atoms with Gasteiger partial charge >= 0.3 is 0 Å². The van der Waals surface area contributed by atoms with Crippen molar-refractivity contribution in [3.63, 3.8) is 0 Å². The first kappa shape index (κ1) is 13.9. The zero-order valence-electron chi connectivity index (χ0n) is 12.0. The van der Waals surface area contributed by atoms with Gasteiger partial charge in [-0.05, 0) is 51.5 Å². The van der Waals surface area contributed by atoms with Crippen LogP contribution in [-0.2, 0) is 4.79 Å². The topological polar surface area (TPSA) is 32.3 Å². The van der Waals surface area contributed by atoms with Crippen molar-refractivity contribution < 1.29 is 4.79 Å². The Bertz CT molecular complexity index is 266. The lowest BCUT2D eigenvalue weighted by atomic mass is 9.85. The standard InChI is InChI=1S/C15H28N2O/c1-16-14-9-7-13(8-10-14)15(18)17(2)11-12-5-3-4-6-12/h12-14,16H,3-11H2,1-2H3. The maximum Gasteiger partial charge on any atom is 0.225 e. The van der Waals surface area contributed by atoms with Gasteiger partial charge in [-0.3, -0.25) is 4.79 Å². The number of rotatable bonds is 4. The van der Waals surface area contributed by atoms with Crippen LogP contribution in [0, 0.1) is 11.8 Å². The molecule has 1 amide bonds. The van der Waals surface area contributed by atoms with Crippen molar-refractivity contribution in [1.29, 1.82) is 0 Å². The predicted octanol–water partition coefficient (Wildman–Crippen LogP) is 2.41. The highest BCUT2D eigenvalue weighted by Crippen LogP contribution is 2.28. The summed E-state index contributed by atoms with van der Waals surface area (Å²) in [6, 6.07) is 0.634. The minimum atomic E-state index is 0.293. The molecule has 0 aliphatic heterocycles. The molecule has 0 heterocycles. The Kier molecular flexibility index (Phi) is 5.04. The molecule has 2 aliphatic rings. The zero-order chi connectivity index (χ0) is 13.0. The summed E-state index contributed by atoms with van der Waals surface area (Å²) in [4.78, 5) is 14.4.